The average molecular weight is 350 g/mol. The fraction of sp³-hybridized carbons (Fsp3) is 0.273. The van der Waals surface area contributed by atoms with Crippen LogP contribution in [0.3, 0.4) is 0 Å². The second-order valence-electron chi connectivity index (χ2n) is 3.75. The first kappa shape index (κ1) is 10.6. The average Bonchev–Trinajstić information content (AvgIpc) is 2.80. The van der Waals surface area contributed by atoms with Gasteiger partial charge in [0.2, 0.25) is 0 Å². The van der Waals surface area contributed by atoms with Crippen molar-refractivity contribution in [3.05, 3.63) is 46.1 Å². The van der Waals surface area contributed by atoms with E-state index < -0.39 is 5.79 Å². The molecule has 1 aromatic rings. The highest BCUT2D eigenvalue weighted by Gasteiger charge is 2.50. The van der Waals surface area contributed by atoms with E-state index in [0.717, 1.165) is 10.0 Å². The summed E-state index contributed by atoms with van der Waals surface area (Å²) in [6, 6.07) is 3.12. The van der Waals surface area contributed by atoms with Gasteiger partial charge in [0, 0.05) is 16.5 Å². The van der Waals surface area contributed by atoms with Crippen LogP contribution in [0.15, 0.2) is 29.1 Å². The first-order valence-electron chi connectivity index (χ1n) is 4.77. The molecule has 5 heteroatoms. The Bertz CT molecular complexity index is 479. The molecule has 2 aliphatic rings. The van der Waals surface area contributed by atoms with Gasteiger partial charge in [-0.1, -0.05) is 31.9 Å². The molecule has 1 heterocycles. The van der Waals surface area contributed by atoms with E-state index >= 15 is 0 Å². The second-order valence-corrected chi connectivity index (χ2v) is 5.71. The highest BCUT2D eigenvalue weighted by molar-refractivity contribution is 9.10. The highest BCUT2D eigenvalue weighted by Crippen LogP contribution is 2.55. The van der Waals surface area contributed by atoms with Gasteiger partial charge in [-0.2, -0.15) is 0 Å². The van der Waals surface area contributed by atoms with Crippen LogP contribution in [0.4, 0.5) is 4.39 Å². The Morgan fingerprint density at radius 2 is 2.00 bits per heavy atom. The Morgan fingerprint density at radius 3 is 2.69 bits per heavy atom. The minimum Gasteiger partial charge on any atom is -0.453 e. The summed E-state index contributed by atoms with van der Waals surface area (Å²) in [7, 11) is 0. The van der Waals surface area contributed by atoms with Crippen LogP contribution in [0.2, 0.25) is 0 Å². The molecule has 16 heavy (non-hydrogen) atoms. The quantitative estimate of drug-likeness (QED) is 0.656. The van der Waals surface area contributed by atoms with Crippen LogP contribution in [-0.2, 0) is 15.3 Å². The van der Waals surface area contributed by atoms with Gasteiger partial charge in [0.1, 0.15) is 18.3 Å². The zero-order valence-corrected chi connectivity index (χ0v) is 11.2. The molecule has 2 nitrogen and oxygen atoms in total. The Morgan fingerprint density at radius 1 is 1.31 bits per heavy atom. The van der Waals surface area contributed by atoms with Crippen molar-refractivity contribution in [2.75, 3.05) is 0 Å². The lowest BCUT2D eigenvalue weighted by Crippen LogP contribution is -2.24. The fourth-order valence-corrected chi connectivity index (χ4v) is 3.74. The Kier molecular flexibility index (Phi) is 2.30. The van der Waals surface area contributed by atoms with E-state index in [0.29, 0.717) is 12.0 Å². The zero-order valence-electron chi connectivity index (χ0n) is 8.04. The minimum absolute atomic E-state index is 0.0973. The summed E-state index contributed by atoms with van der Waals surface area (Å²) in [5.74, 6) is -1.11. The lowest BCUT2D eigenvalue weighted by molar-refractivity contribution is -0.147. The van der Waals surface area contributed by atoms with Crippen LogP contribution < -0.4 is 0 Å². The molecule has 0 amide bonds. The number of fused-ring (bicyclic) bond motifs is 2. The summed E-state index contributed by atoms with van der Waals surface area (Å²) in [5, 5.41) is 0. The molecule has 1 unspecified atom stereocenters. The van der Waals surface area contributed by atoms with Crippen LogP contribution in [0.5, 0.6) is 0 Å². The predicted molar refractivity (Wildman–Crippen MR) is 63.4 cm³/mol. The number of alkyl halides is 1. The van der Waals surface area contributed by atoms with Crippen molar-refractivity contribution in [3.63, 3.8) is 0 Å². The van der Waals surface area contributed by atoms with Crippen LogP contribution in [0.1, 0.15) is 22.4 Å². The van der Waals surface area contributed by atoms with Crippen LogP contribution >= 0.6 is 31.9 Å². The van der Waals surface area contributed by atoms with E-state index in [1.807, 2.05) is 0 Å². The minimum atomic E-state index is -0.871. The van der Waals surface area contributed by atoms with Gasteiger partial charge in [0.25, 0.3) is 5.79 Å². The standard InChI is InChI=1S/C11H7Br2FO2/c12-6-1-2-8(14)9-7(13)5-11(10(6)9)15-3-4-16-11/h1-4,7H,5H2. The number of hydrogen-bond donors (Lipinski definition) is 0. The lowest BCUT2D eigenvalue weighted by atomic mass is 10.1. The molecule has 0 radical (unpaired) electrons. The molecular weight excluding hydrogens is 343 g/mol. The third-order valence-corrected chi connectivity index (χ3v) is 4.30. The van der Waals surface area contributed by atoms with Crippen LogP contribution in [-0.4, -0.2) is 0 Å². The van der Waals surface area contributed by atoms with Gasteiger partial charge in [0.05, 0.1) is 10.4 Å². The van der Waals surface area contributed by atoms with Gasteiger partial charge in [-0.3, -0.25) is 0 Å². The molecule has 1 aliphatic heterocycles. The summed E-state index contributed by atoms with van der Waals surface area (Å²) < 4.78 is 25.6. The Balaban J connectivity index is 2.24. The molecule has 0 aromatic heterocycles. The molecule has 0 N–H and O–H groups in total. The van der Waals surface area contributed by atoms with Crippen molar-refractivity contribution >= 4 is 31.9 Å². The first-order valence-corrected chi connectivity index (χ1v) is 6.48. The molecular formula is C11H7Br2FO2. The summed E-state index contributed by atoms with van der Waals surface area (Å²) in [5.41, 5.74) is 1.34. The zero-order chi connectivity index (χ0) is 11.3. The summed E-state index contributed by atoms with van der Waals surface area (Å²) in [6.07, 6.45) is 3.53. The Hall–Kier alpha value is -0.550. The third kappa shape index (κ3) is 1.27. The molecule has 0 saturated carbocycles. The van der Waals surface area contributed by atoms with Gasteiger partial charge in [-0.05, 0) is 12.1 Å². The van der Waals surface area contributed by atoms with Gasteiger partial charge in [-0.15, -0.1) is 0 Å². The van der Waals surface area contributed by atoms with Crippen LogP contribution in [0, 0.1) is 5.82 Å². The van der Waals surface area contributed by atoms with Crippen LogP contribution in [0.25, 0.3) is 0 Å². The topological polar surface area (TPSA) is 18.5 Å². The van der Waals surface area contributed by atoms with Crippen molar-refractivity contribution in [2.24, 2.45) is 0 Å². The molecule has 0 saturated heterocycles. The van der Waals surface area contributed by atoms with Crippen molar-refractivity contribution < 1.29 is 13.9 Å². The monoisotopic (exact) mass is 348 g/mol. The second kappa shape index (κ2) is 3.47. The molecule has 1 aromatic carbocycles. The molecule has 84 valence electrons. The molecule has 0 bridgehead atoms. The van der Waals surface area contributed by atoms with Crippen molar-refractivity contribution in [2.45, 2.75) is 17.0 Å². The summed E-state index contributed by atoms with van der Waals surface area (Å²) in [4.78, 5) is -0.0973. The smallest absolute Gasteiger partial charge is 0.279 e. The lowest BCUT2D eigenvalue weighted by Gasteiger charge is -2.24. The van der Waals surface area contributed by atoms with Gasteiger partial charge in [0.15, 0.2) is 0 Å². The number of hydrogen-bond acceptors (Lipinski definition) is 2. The summed E-state index contributed by atoms with van der Waals surface area (Å²) >= 11 is 6.88. The van der Waals surface area contributed by atoms with E-state index in [2.05, 4.69) is 31.9 Å². The third-order valence-electron chi connectivity index (χ3n) is 2.86. The molecule has 1 aliphatic carbocycles. The van der Waals surface area contributed by atoms with Gasteiger partial charge in [-0.25, -0.2) is 4.39 Å². The van der Waals surface area contributed by atoms with Crippen molar-refractivity contribution in [1.82, 2.24) is 0 Å². The highest BCUT2D eigenvalue weighted by atomic mass is 79.9. The maximum Gasteiger partial charge on any atom is 0.279 e. The van der Waals surface area contributed by atoms with Gasteiger partial charge >= 0.3 is 0 Å². The van der Waals surface area contributed by atoms with Gasteiger partial charge < -0.3 is 9.47 Å². The van der Waals surface area contributed by atoms with Crippen molar-refractivity contribution in [3.8, 4) is 0 Å². The Labute approximate surface area is 109 Å². The predicted octanol–water partition coefficient (Wildman–Crippen LogP) is 4.10. The summed E-state index contributed by atoms with van der Waals surface area (Å²) in [6.45, 7) is 0. The van der Waals surface area contributed by atoms with E-state index in [1.165, 1.54) is 18.6 Å². The maximum atomic E-state index is 13.8. The molecule has 1 atom stereocenters. The number of ether oxygens (including phenoxy) is 2. The molecule has 3 rings (SSSR count). The molecule has 1 spiro atoms. The largest absolute Gasteiger partial charge is 0.453 e. The fourth-order valence-electron chi connectivity index (χ4n) is 2.22. The maximum absolute atomic E-state index is 13.8. The SMILES string of the molecule is Fc1ccc(Br)c2c1C(Br)CC21OC=CO1. The molecule has 0 fully saturated rings. The number of rotatable bonds is 0. The van der Waals surface area contributed by atoms with E-state index in [1.54, 1.807) is 6.07 Å². The normalized spacial score (nSPS) is 24.3. The van der Waals surface area contributed by atoms with Crippen molar-refractivity contribution in [1.29, 1.82) is 0 Å². The number of benzene rings is 1. The van der Waals surface area contributed by atoms with E-state index in [-0.39, 0.29) is 10.6 Å². The van der Waals surface area contributed by atoms with E-state index in [9.17, 15) is 4.39 Å². The first-order chi connectivity index (χ1) is 7.64. The van der Waals surface area contributed by atoms with E-state index in [4.69, 9.17) is 9.47 Å². The number of halogens is 3.